The molecule has 0 aromatic heterocycles. The van der Waals surface area contributed by atoms with Crippen molar-refractivity contribution in [1.82, 2.24) is 0 Å². The standard InChI is InChI=1S/C10H18O.C2H4O2/c1-7(2)9-5-4-8(3)6-10(9)11;1-2(3)4/h4-5,7-11H,6H2,1-3H3;1H3,(H,3,4). The third kappa shape index (κ3) is 6.28. The van der Waals surface area contributed by atoms with E-state index < -0.39 is 5.97 Å². The van der Waals surface area contributed by atoms with Crippen LogP contribution >= 0.6 is 0 Å². The number of hydrogen-bond acceptors (Lipinski definition) is 2. The molecule has 88 valence electrons. The van der Waals surface area contributed by atoms with Gasteiger partial charge in [0.1, 0.15) is 0 Å². The van der Waals surface area contributed by atoms with E-state index in [4.69, 9.17) is 9.90 Å². The van der Waals surface area contributed by atoms with Gasteiger partial charge in [-0.1, -0.05) is 32.9 Å². The molecule has 0 aromatic carbocycles. The number of carboxylic acids is 1. The summed E-state index contributed by atoms with van der Waals surface area (Å²) in [4.78, 5) is 9.00. The molecule has 3 atom stereocenters. The molecule has 15 heavy (non-hydrogen) atoms. The van der Waals surface area contributed by atoms with Gasteiger partial charge in [0.25, 0.3) is 5.97 Å². The molecule has 0 saturated carbocycles. The maximum Gasteiger partial charge on any atom is 0.300 e. The average molecular weight is 214 g/mol. The molecule has 0 aromatic rings. The summed E-state index contributed by atoms with van der Waals surface area (Å²) < 4.78 is 0. The van der Waals surface area contributed by atoms with Crippen molar-refractivity contribution in [3.8, 4) is 0 Å². The molecule has 3 nitrogen and oxygen atoms in total. The lowest BCUT2D eigenvalue weighted by Gasteiger charge is -2.29. The molecular weight excluding hydrogens is 192 g/mol. The molecule has 3 heteroatoms. The molecule has 0 bridgehead atoms. The van der Waals surface area contributed by atoms with Crippen molar-refractivity contribution >= 4 is 5.97 Å². The average Bonchev–Trinajstić information content (AvgIpc) is 2.01. The van der Waals surface area contributed by atoms with Crippen molar-refractivity contribution in [3.05, 3.63) is 12.2 Å². The number of allylic oxidation sites excluding steroid dienone is 1. The van der Waals surface area contributed by atoms with E-state index >= 15 is 0 Å². The Bertz CT molecular complexity index is 217. The van der Waals surface area contributed by atoms with Crippen molar-refractivity contribution < 1.29 is 15.0 Å². The molecule has 0 fully saturated rings. The number of hydrogen-bond donors (Lipinski definition) is 2. The zero-order chi connectivity index (χ0) is 12.0. The van der Waals surface area contributed by atoms with Crippen molar-refractivity contribution in [2.45, 2.75) is 40.2 Å². The Balaban J connectivity index is 0.000000423. The molecule has 0 saturated heterocycles. The molecule has 3 unspecified atom stereocenters. The first-order valence-corrected chi connectivity index (χ1v) is 5.40. The van der Waals surface area contributed by atoms with Crippen LogP contribution in [-0.4, -0.2) is 22.3 Å². The molecule has 2 N–H and O–H groups in total. The Hall–Kier alpha value is -0.830. The third-order valence-electron chi connectivity index (χ3n) is 2.49. The van der Waals surface area contributed by atoms with Crippen LogP contribution in [0.3, 0.4) is 0 Å². The quantitative estimate of drug-likeness (QED) is 0.658. The minimum Gasteiger partial charge on any atom is -0.481 e. The van der Waals surface area contributed by atoms with Gasteiger partial charge < -0.3 is 10.2 Å². The number of rotatable bonds is 1. The third-order valence-corrected chi connectivity index (χ3v) is 2.49. The van der Waals surface area contributed by atoms with E-state index in [-0.39, 0.29) is 6.10 Å². The molecule has 0 aliphatic heterocycles. The SMILES string of the molecule is CC(=O)O.CC1C=CC(C(C)C)C(O)C1. The second kappa shape index (κ2) is 6.62. The normalized spacial score (nSPS) is 29.6. The Morgan fingerprint density at radius 3 is 2.20 bits per heavy atom. The van der Waals surface area contributed by atoms with Crippen LogP contribution in [-0.2, 0) is 4.79 Å². The van der Waals surface area contributed by atoms with E-state index in [0.717, 1.165) is 13.3 Å². The highest BCUT2D eigenvalue weighted by atomic mass is 16.4. The maximum absolute atomic E-state index is 9.66. The molecule has 1 rings (SSSR count). The number of carboxylic acid groups (broad SMARTS) is 1. The summed E-state index contributed by atoms with van der Waals surface area (Å²) in [7, 11) is 0. The molecule has 0 heterocycles. The van der Waals surface area contributed by atoms with Crippen molar-refractivity contribution in [2.75, 3.05) is 0 Å². The van der Waals surface area contributed by atoms with Gasteiger partial charge in [0.2, 0.25) is 0 Å². The fourth-order valence-corrected chi connectivity index (χ4v) is 1.73. The van der Waals surface area contributed by atoms with Gasteiger partial charge in [0, 0.05) is 12.8 Å². The zero-order valence-corrected chi connectivity index (χ0v) is 9.97. The number of carbonyl (C=O) groups is 1. The van der Waals surface area contributed by atoms with Gasteiger partial charge in [-0.3, -0.25) is 4.79 Å². The largest absolute Gasteiger partial charge is 0.481 e. The monoisotopic (exact) mass is 214 g/mol. The summed E-state index contributed by atoms with van der Waals surface area (Å²) in [5, 5.41) is 17.1. The summed E-state index contributed by atoms with van der Waals surface area (Å²) in [5.41, 5.74) is 0. The van der Waals surface area contributed by atoms with Gasteiger partial charge in [0.15, 0.2) is 0 Å². The zero-order valence-electron chi connectivity index (χ0n) is 9.97. The van der Waals surface area contributed by atoms with Crippen LogP contribution in [0.5, 0.6) is 0 Å². The van der Waals surface area contributed by atoms with Gasteiger partial charge >= 0.3 is 0 Å². The number of aliphatic hydroxyl groups is 1. The van der Waals surface area contributed by atoms with Crippen LogP contribution in [0.1, 0.15) is 34.1 Å². The fraction of sp³-hybridized carbons (Fsp3) is 0.750. The van der Waals surface area contributed by atoms with Crippen LogP contribution in [0.4, 0.5) is 0 Å². The van der Waals surface area contributed by atoms with Crippen molar-refractivity contribution in [3.63, 3.8) is 0 Å². The minimum absolute atomic E-state index is 0.116. The Labute approximate surface area is 91.8 Å². The second-order valence-corrected chi connectivity index (χ2v) is 4.51. The van der Waals surface area contributed by atoms with Crippen molar-refractivity contribution in [1.29, 1.82) is 0 Å². The molecular formula is C12H22O3. The Morgan fingerprint density at radius 2 is 1.87 bits per heavy atom. The summed E-state index contributed by atoms with van der Waals surface area (Å²) in [5.74, 6) is 0.667. The van der Waals surface area contributed by atoms with Crippen LogP contribution in [0.15, 0.2) is 12.2 Å². The number of aliphatic hydroxyl groups excluding tert-OH is 1. The second-order valence-electron chi connectivity index (χ2n) is 4.51. The van der Waals surface area contributed by atoms with Crippen molar-refractivity contribution in [2.24, 2.45) is 17.8 Å². The Morgan fingerprint density at radius 1 is 1.40 bits per heavy atom. The Kier molecular flexibility index (Phi) is 6.25. The summed E-state index contributed by atoms with van der Waals surface area (Å²) in [6.45, 7) is 7.55. The minimum atomic E-state index is -0.833. The van der Waals surface area contributed by atoms with Crippen LogP contribution < -0.4 is 0 Å². The predicted octanol–water partition coefficient (Wildman–Crippen LogP) is 2.31. The first-order valence-electron chi connectivity index (χ1n) is 5.40. The highest BCUT2D eigenvalue weighted by Crippen LogP contribution is 2.27. The summed E-state index contributed by atoms with van der Waals surface area (Å²) in [6, 6.07) is 0. The topological polar surface area (TPSA) is 57.5 Å². The maximum atomic E-state index is 9.66. The van der Waals surface area contributed by atoms with Crippen LogP contribution in [0.2, 0.25) is 0 Å². The van der Waals surface area contributed by atoms with Gasteiger partial charge in [-0.25, -0.2) is 0 Å². The predicted molar refractivity (Wildman–Crippen MR) is 60.6 cm³/mol. The smallest absolute Gasteiger partial charge is 0.300 e. The van der Waals surface area contributed by atoms with E-state index in [2.05, 4.69) is 32.9 Å². The highest BCUT2D eigenvalue weighted by Gasteiger charge is 2.24. The van der Waals surface area contributed by atoms with E-state index in [1.54, 1.807) is 0 Å². The lowest BCUT2D eigenvalue weighted by atomic mass is 9.81. The molecule has 1 aliphatic carbocycles. The summed E-state index contributed by atoms with van der Waals surface area (Å²) >= 11 is 0. The summed E-state index contributed by atoms with van der Waals surface area (Å²) in [6.07, 6.45) is 5.20. The van der Waals surface area contributed by atoms with E-state index in [0.29, 0.717) is 17.8 Å². The van der Waals surface area contributed by atoms with Gasteiger partial charge in [-0.2, -0.15) is 0 Å². The van der Waals surface area contributed by atoms with Gasteiger partial charge in [0.05, 0.1) is 6.10 Å². The lowest BCUT2D eigenvalue weighted by molar-refractivity contribution is -0.134. The van der Waals surface area contributed by atoms with E-state index in [9.17, 15) is 5.11 Å². The molecule has 0 spiro atoms. The van der Waals surface area contributed by atoms with E-state index in [1.165, 1.54) is 0 Å². The molecule has 1 aliphatic rings. The highest BCUT2D eigenvalue weighted by molar-refractivity contribution is 5.62. The van der Waals surface area contributed by atoms with Gasteiger partial charge in [-0.05, 0) is 18.3 Å². The molecule has 0 amide bonds. The lowest BCUT2D eigenvalue weighted by Crippen LogP contribution is -2.28. The van der Waals surface area contributed by atoms with Crippen LogP contribution in [0, 0.1) is 17.8 Å². The number of aliphatic carboxylic acids is 1. The fourth-order valence-electron chi connectivity index (χ4n) is 1.73. The first kappa shape index (κ1) is 14.2. The van der Waals surface area contributed by atoms with Crippen LogP contribution in [0.25, 0.3) is 0 Å². The molecule has 0 radical (unpaired) electrons. The van der Waals surface area contributed by atoms with E-state index in [1.807, 2.05) is 0 Å². The van der Waals surface area contributed by atoms with Gasteiger partial charge in [-0.15, -0.1) is 0 Å². The first-order chi connectivity index (χ1) is 6.84.